The number of allylic oxidation sites excluding steroid dienone is 3. The monoisotopic (exact) mass is 489 g/mol. The number of benzene rings is 2. The standard InChI is InChI=1S/C29H31NO6/c1-5-7-12-19(6-2)29(3,4)36-26(31)17-25(27(32)33)30-28(34)35-18-24-22-15-10-8-13-20(22)21-14-9-11-16-23(21)24/h5-16,24-25H,1,17-18H2,2-4H3,(H,30,34)(H,32,33)/b12-7-,19-6+/t25-/m0/s1. The lowest BCUT2D eigenvalue weighted by molar-refractivity contribution is -0.156. The Kier molecular flexibility index (Phi) is 8.48. The zero-order valence-corrected chi connectivity index (χ0v) is 20.7. The van der Waals surface area contributed by atoms with Crippen LogP contribution in [0.4, 0.5) is 4.79 Å². The summed E-state index contributed by atoms with van der Waals surface area (Å²) in [6.45, 7) is 8.85. The number of esters is 1. The number of aliphatic carboxylic acids is 1. The number of carboxylic acid groups (broad SMARTS) is 1. The Labute approximate surface area is 211 Å². The molecule has 1 aliphatic rings. The van der Waals surface area contributed by atoms with E-state index in [-0.39, 0.29) is 12.5 Å². The maximum atomic E-state index is 12.5. The fourth-order valence-corrected chi connectivity index (χ4v) is 4.35. The average molecular weight is 490 g/mol. The van der Waals surface area contributed by atoms with Crippen molar-refractivity contribution < 1.29 is 29.0 Å². The molecule has 2 N–H and O–H groups in total. The molecule has 3 rings (SSSR count). The highest BCUT2D eigenvalue weighted by molar-refractivity contribution is 5.85. The van der Waals surface area contributed by atoms with Crippen LogP contribution in [0.1, 0.15) is 44.2 Å². The number of hydrogen-bond donors (Lipinski definition) is 2. The highest BCUT2D eigenvalue weighted by atomic mass is 16.6. The zero-order chi connectivity index (χ0) is 26.3. The number of amides is 1. The molecule has 1 atom stereocenters. The summed E-state index contributed by atoms with van der Waals surface area (Å²) in [6.07, 6.45) is 5.38. The number of nitrogens with one attached hydrogen (secondary N) is 1. The molecule has 188 valence electrons. The van der Waals surface area contributed by atoms with Crippen LogP contribution < -0.4 is 5.32 Å². The van der Waals surface area contributed by atoms with E-state index in [4.69, 9.17) is 9.47 Å². The molecular formula is C29H31NO6. The van der Waals surface area contributed by atoms with E-state index in [1.807, 2.05) is 48.5 Å². The van der Waals surface area contributed by atoms with Crippen LogP contribution >= 0.6 is 0 Å². The van der Waals surface area contributed by atoms with Gasteiger partial charge in [0.05, 0.1) is 6.42 Å². The third-order valence-corrected chi connectivity index (χ3v) is 6.09. The van der Waals surface area contributed by atoms with E-state index in [2.05, 4.69) is 11.9 Å². The van der Waals surface area contributed by atoms with Gasteiger partial charge in [-0.05, 0) is 48.6 Å². The van der Waals surface area contributed by atoms with Gasteiger partial charge in [-0.25, -0.2) is 9.59 Å². The Balaban J connectivity index is 1.62. The van der Waals surface area contributed by atoms with Crippen LogP contribution in [0.5, 0.6) is 0 Å². The first-order chi connectivity index (χ1) is 17.2. The van der Waals surface area contributed by atoms with Crippen LogP contribution in [-0.2, 0) is 19.1 Å². The molecule has 7 heteroatoms. The van der Waals surface area contributed by atoms with Crippen molar-refractivity contribution in [2.24, 2.45) is 0 Å². The van der Waals surface area contributed by atoms with Crippen LogP contribution in [0.15, 0.2) is 85.0 Å². The summed E-state index contributed by atoms with van der Waals surface area (Å²) in [5, 5.41) is 11.8. The number of hydrogen-bond acceptors (Lipinski definition) is 5. The summed E-state index contributed by atoms with van der Waals surface area (Å²) in [5.41, 5.74) is 3.96. The second kappa shape index (κ2) is 11.5. The number of carboxylic acids is 1. The first kappa shape index (κ1) is 26.5. The highest BCUT2D eigenvalue weighted by Gasteiger charge is 2.32. The van der Waals surface area contributed by atoms with Crippen LogP contribution in [-0.4, -0.2) is 41.4 Å². The summed E-state index contributed by atoms with van der Waals surface area (Å²) in [5.74, 6) is -2.30. The molecule has 0 heterocycles. The second-order valence-electron chi connectivity index (χ2n) is 8.89. The van der Waals surface area contributed by atoms with Gasteiger partial charge in [0.2, 0.25) is 0 Å². The molecule has 1 aliphatic carbocycles. The maximum absolute atomic E-state index is 12.5. The van der Waals surface area contributed by atoms with Crippen molar-refractivity contribution >= 4 is 18.0 Å². The van der Waals surface area contributed by atoms with Crippen molar-refractivity contribution in [3.8, 4) is 11.1 Å². The maximum Gasteiger partial charge on any atom is 0.407 e. The van der Waals surface area contributed by atoms with Gasteiger partial charge < -0.3 is 19.9 Å². The number of alkyl carbamates (subject to hydrolysis) is 1. The Morgan fingerprint density at radius 3 is 2.19 bits per heavy atom. The normalized spacial score (nSPS) is 14.0. The molecule has 0 aliphatic heterocycles. The number of rotatable bonds is 10. The van der Waals surface area contributed by atoms with Gasteiger partial charge in [-0.3, -0.25) is 4.79 Å². The average Bonchev–Trinajstić information content (AvgIpc) is 3.16. The third kappa shape index (κ3) is 6.10. The lowest BCUT2D eigenvalue weighted by Crippen LogP contribution is -2.44. The van der Waals surface area contributed by atoms with E-state index in [1.165, 1.54) is 0 Å². The van der Waals surface area contributed by atoms with Gasteiger partial charge in [-0.2, -0.15) is 0 Å². The van der Waals surface area contributed by atoms with Crippen LogP contribution in [0.2, 0.25) is 0 Å². The Bertz CT molecular complexity index is 1160. The smallest absolute Gasteiger partial charge is 0.407 e. The minimum Gasteiger partial charge on any atom is -0.480 e. The molecule has 0 spiro atoms. The van der Waals surface area contributed by atoms with Gasteiger partial charge in [0.15, 0.2) is 0 Å². The van der Waals surface area contributed by atoms with E-state index < -0.39 is 36.1 Å². The van der Waals surface area contributed by atoms with Gasteiger partial charge in [0.25, 0.3) is 0 Å². The second-order valence-corrected chi connectivity index (χ2v) is 8.89. The predicted molar refractivity (Wildman–Crippen MR) is 138 cm³/mol. The van der Waals surface area contributed by atoms with Crippen LogP contribution in [0.3, 0.4) is 0 Å². The van der Waals surface area contributed by atoms with Gasteiger partial charge >= 0.3 is 18.0 Å². The molecule has 0 aromatic heterocycles. The first-order valence-corrected chi connectivity index (χ1v) is 11.7. The summed E-state index contributed by atoms with van der Waals surface area (Å²) in [6, 6.07) is 14.3. The van der Waals surface area contributed by atoms with Crippen molar-refractivity contribution in [1.82, 2.24) is 5.32 Å². The SMILES string of the molecule is C=C/C=C\C(=C/C)C(C)(C)OC(=O)C[C@H](NC(=O)OCC1c2ccccc2-c2ccccc21)C(=O)O. The van der Waals surface area contributed by atoms with Crippen LogP contribution in [0.25, 0.3) is 11.1 Å². The first-order valence-electron chi connectivity index (χ1n) is 11.7. The van der Waals surface area contributed by atoms with Crippen molar-refractivity contribution in [2.75, 3.05) is 6.61 Å². The quantitative estimate of drug-likeness (QED) is 0.343. The van der Waals surface area contributed by atoms with E-state index in [1.54, 1.807) is 45.1 Å². The zero-order valence-electron chi connectivity index (χ0n) is 20.7. The van der Waals surface area contributed by atoms with Crippen LogP contribution in [0, 0.1) is 0 Å². The summed E-state index contributed by atoms with van der Waals surface area (Å²) < 4.78 is 10.9. The predicted octanol–water partition coefficient (Wildman–Crippen LogP) is 5.38. The largest absolute Gasteiger partial charge is 0.480 e. The van der Waals surface area contributed by atoms with E-state index in [9.17, 15) is 19.5 Å². The van der Waals surface area contributed by atoms with E-state index in [0.717, 1.165) is 22.3 Å². The minimum atomic E-state index is -1.50. The van der Waals surface area contributed by atoms with Gasteiger partial charge in [-0.1, -0.05) is 79.4 Å². The molecule has 7 nitrogen and oxygen atoms in total. The molecule has 0 bridgehead atoms. The van der Waals surface area contributed by atoms with Crippen molar-refractivity contribution in [3.63, 3.8) is 0 Å². The lowest BCUT2D eigenvalue weighted by Gasteiger charge is -2.27. The summed E-state index contributed by atoms with van der Waals surface area (Å²) >= 11 is 0. The molecule has 2 aromatic rings. The molecule has 1 amide bonds. The van der Waals surface area contributed by atoms with Crippen molar-refractivity contribution in [2.45, 2.75) is 44.8 Å². The van der Waals surface area contributed by atoms with Crippen molar-refractivity contribution in [3.05, 3.63) is 96.1 Å². The topological polar surface area (TPSA) is 102 Å². The van der Waals surface area contributed by atoms with Gasteiger partial charge in [0, 0.05) is 5.92 Å². The molecule has 2 aromatic carbocycles. The molecule has 0 saturated carbocycles. The molecule has 0 unspecified atom stereocenters. The van der Waals surface area contributed by atoms with Crippen molar-refractivity contribution in [1.29, 1.82) is 0 Å². The minimum absolute atomic E-state index is 0.0317. The Morgan fingerprint density at radius 1 is 1.08 bits per heavy atom. The molecule has 0 fully saturated rings. The number of fused-ring (bicyclic) bond motifs is 3. The number of ether oxygens (including phenoxy) is 2. The molecule has 36 heavy (non-hydrogen) atoms. The van der Waals surface area contributed by atoms with E-state index in [0.29, 0.717) is 5.57 Å². The van der Waals surface area contributed by atoms with Gasteiger partial charge in [-0.15, -0.1) is 0 Å². The third-order valence-electron chi connectivity index (χ3n) is 6.09. The van der Waals surface area contributed by atoms with E-state index >= 15 is 0 Å². The molecule has 0 saturated heterocycles. The molecular weight excluding hydrogens is 458 g/mol. The van der Waals surface area contributed by atoms with Gasteiger partial charge in [0.1, 0.15) is 18.2 Å². The number of carbonyl (C=O) groups excluding carboxylic acids is 2. The lowest BCUT2D eigenvalue weighted by atomic mass is 9.97. The number of carbonyl (C=O) groups is 3. The molecule has 0 radical (unpaired) electrons. The fraction of sp³-hybridized carbons (Fsp3) is 0.276. The Hall–Kier alpha value is -4.13. The highest BCUT2D eigenvalue weighted by Crippen LogP contribution is 2.44. The fourth-order valence-electron chi connectivity index (χ4n) is 4.35. The Morgan fingerprint density at radius 2 is 1.67 bits per heavy atom. The summed E-state index contributed by atoms with van der Waals surface area (Å²) in [4.78, 5) is 36.8. The summed E-state index contributed by atoms with van der Waals surface area (Å²) in [7, 11) is 0.